The van der Waals surface area contributed by atoms with Gasteiger partial charge in [-0.05, 0) is 5.92 Å². The molecule has 1 saturated heterocycles. The number of hydrogen-bond donors (Lipinski definition) is 1. The van der Waals surface area contributed by atoms with Crippen LogP contribution >= 0.6 is 0 Å². The van der Waals surface area contributed by atoms with Gasteiger partial charge in [-0.25, -0.2) is 9.67 Å². The number of aromatic nitrogens is 3. The van der Waals surface area contributed by atoms with Crippen LogP contribution in [0.2, 0.25) is 0 Å². The smallest absolute Gasteiger partial charge is 0.244 e. The van der Waals surface area contributed by atoms with E-state index in [1.165, 1.54) is 11.0 Å². The SMILES string of the molecule is CC(C)CN1CCN(C(=O)Cn2cnc(N)n2)CC1. The molecular weight excluding hydrogens is 244 g/mol. The largest absolute Gasteiger partial charge is 0.367 e. The van der Waals surface area contributed by atoms with Crippen LogP contribution in [-0.2, 0) is 11.3 Å². The lowest BCUT2D eigenvalue weighted by Crippen LogP contribution is -2.50. The van der Waals surface area contributed by atoms with Crippen molar-refractivity contribution >= 4 is 11.9 Å². The third-order valence-electron chi connectivity index (χ3n) is 3.20. The monoisotopic (exact) mass is 266 g/mol. The highest BCUT2D eigenvalue weighted by atomic mass is 16.2. The van der Waals surface area contributed by atoms with E-state index in [1.807, 2.05) is 4.90 Å². The third kappa shape index (κ3) is 3.92. The Bertz CT molecular complexity index is 422. The van der Waals surface area contributed by atoms with E-state index in [2.05, 4.69) is 28.8 Å². The van der Waals surface area contributed by atoms with Crippen LogP contribution in [0.4, 0.5) is 5.95 Å². The molecule has 7 heteroatoms. The van der Waals surface area contributed by atoms with Crippen LogP contribution in [0.3, 0.4) is 0 Å². The minimum absolute atomic E-state index is 0.0779. The first-order valence-corrected chi connectivity index (χ1v) is 6.69. The zero-order valence-corrected chi connectivity index (χ0v) is 11.6. The van der Waals surface area contributed by atoms with Crippen molar-refractivity contribution in [2.45, 2.75) is 20.4 Å². The molecule has 1 aromatic rings. The normalized spacial score (nSPS) is 17.1. The van der Waals surface area contributed by atoms with Crippen molar-refractivity contribution in [3.8, 4) is 0 Å². The van der Waals surface area contributed by atoms with Crippen LogP contribution in [0, 0.1) is 5.92 Å². The van der Waals surface area contributed by atoms with Gasteiger partial charge in [0.25, 0.3) is 0 Å². The number of nitrogens with two attached hydrogens (primary N) is 1. The molecule has 2 N–H and O–H groups in total. The van der Waals surface area contributed by atoms with Gasteiger partial charge in [-0.3, -0.25) is 9.69 Å². The van der Waals surface area contributed by atoms with Gasteiger partial charge in [0, 0.05) is 32.7 Å². The number of carbonyl (C=O) groups is 1. The van der Waals surface area contributed by atoms with Gasteiger partial charge in [-0.15, -0.1) is 5.10 Å². The summed E-state index contributed by atoms with van der Waals surface area (Å²) in [6.45, 7) is 9.22. The summed E-state index contributed by atoms with van der Waals surface area (Å²) < 4.78 is 1.48. The lowest BCUT2D eigenvalue weighted by Gasteiger charge is -2.35. The maximum atomic E-state index is 12.1. The number of nitrogen functional groups attached to an aromatic ring is 1. The Hall–Kier alpha value is -1.63. The summed E-state index contributed by atoms with van der Waals surface area (Å²) in [7, 11) is 0. The maximum absolute atomic E-state index is 12.1. The molecule has 7 nitrogen and oxygen atoms in total. The topological polar surface area (TPSA) is 80.3 Å². The highest BCUT2D eigenvalue weighted by Crippen LogP contribution is 2.06. The van der Waals surface area contributed by atoms with Crippen molar-refractivity contribution in [2.75, 3.05) is 38.5 Å². The van der Waals surface area contributed by atoms with Crippen molar-refractivity contribution in [2.24, 2.45) is 5.92 Å². The Morgan fingerprint density at radius 2 is 2.05 bits per heavy atom. The van der Waals surface area contributed by atoms with Crippen molar-refractivity contribution in [3.63, 3.8) is 0 Å². The summed E-state index contributed by atoms with van der Waals surface area (Å²) in [4.78, 5) is 20.2. The van der Waals surface area contributed by atoms with Crippen LogP contribution in [0.15, 0.2) is 6.33 Å². The Morgan fingerprint density at radius 1 is 1.37 bits per heavy atom. The summed E-state index contributed by atoms with van der Waals surface area (Å²) in [5, 5.41) is 3.93. The molecule has 1 aliphatic rings. The second-order valence-electron chi connectivity index (χ2n) is 5.38. The fraction of sp³-hybridized carbons (Fsp3) is 0.750. The standard InChI is InChI=1S/C12H22N6O/c1-10(2)7-16-3-5-17(6-4-16)11(19)8-18-9-14-12(13)15-18/h9-10H,3-8H2,1-2H3,(H2,13,15). The van der Waals surface area contributed by atoms with Crippen molar-refractivity contribution in [3.05, 3.63) is 6.33 Å². The second kappa shape index (κ2) is 6.01. The van der Waals surface area contributed by atoms with Gasteiger partial charge in [-0.1, -0.05) is 13.8 Å². The number of piperazine rings is 1. The van der Waals surface area contributed by atoms with E-state index in [0.29, 0.717) is 5.92 Å². The van der Waals surface area contributed by atoms with Gasteiger partial charge in [0.1, 0.15) is 12.9 Å². The van der Waals surface area contributed by atoms with Crippen LogP contribution in [0.25, 0.3) is 0 Å². The molecule has 1 aliphatic heterocycles. The van der Waals surface area contributed by atoms with E-state index >= 15 is 0 Å². The average Bonchev–Trinajstić information content (AvgIpc) is 2.75. The van der Waals surface area contributed by atoms with Gasteiger partial charge < -0.3 is 10.6 Å². The molecule has 1 fully saturated rings. The molecule has 0 unspecified atom stereocenters. The van der Waals surface area contributed by atoms with Crippen molar-refractivity contribution in [1.29, 1.82) is 0 Å². The summed E-state index contributed by atoms with van der Waals surface area (Å²) in [6, 6.07) is 0. The average molecular weight is 266 g/mol. The number of amides is 1. The van der Waals surface area contributed by atoms with Gasteiger partial charge in [0.2, 0.25) is 11.9 Å². The lowest BCUT2D eigenvalue weighted by molar-refractivity contribution is -0.133. The predicted octanol–water partition coefficient (Wildman–Crippen LogP) is -0.339. The highest BCUT2D eigenvalue weighted by Gasteiger charge is 2.21. The molecule has 1 amide bonds. The first kappa shape index (κ1) is 13.8. The van der Waals surface area contributed by atoms with Gasteiger partial charge in [0.05, 0.1) is 0 Å². The fourth-order valence-electron chi connectivity index (χ4n) is 2.32. The molecule has 1 aromatic heterocycles. The number of carbonyl (C=O) groups excluding carboxylic acids is 1. The number of hydrogen-bond acceptors (Lipinski definition) is 5. The van der Waals surface area contributed by atoms with E-state index in [9.17, 15) is 4.79 Å². The number of nitrogens with zero attached hydrogens (tertiary/aromatic N) is 5. The summed E-state index contributed by atoms with van der Waals surface area (Å²) >= 11 is 0. The van der Waals surface area contributed by atoms with Crippen LogP contribution < -0.4 is 5.73 Å². The molecule has 0 aliphatic carbocycles. The first-order valence-electron chi connectivity index (χ1n) is 6.69. The van der Waals surface area contributed by atoms with E-state index in [4.69, 9.17) is 5.73 Å². The first-order chi connectivity index (χ1) is 9.04. The fourth-order valence-corrected chi connectivity index (χ4v) is 2.32. The molecule has 0 atom stereocenters. The van der Waals surface area contributed by atoms with E-state index < -0.39 is 0 Å². The molecule has 0 bridgehead atoms. The quantitative estimate of drug-likeness (QED) is 0.806. The molecule has 0 saturated carbocycles. The number of anilines is 1. The minimum Gasteiger partial charge on any atom is -0.367 e. The van der Waals surface area contributed by atoms with Gasteiger partial charge in [0.15, 0.2) is 0 Å². The number of rotatable bonds is 4. The molecule has 0 radical (unpaired) electrons. The van der Waals surface area contributed by atoms with E-state index in [0.717, 1.165) is 32.7 Å². The van der Waals surface area contributed by atoms with Crippen LogP contribution in [0.1, 0.15) is 13.8 Å². The Kier molecular flexibility index (Phi) is 4.36. The Labute approximate surface area is 113 Å². The molecule has 2 rings (SSSR count). The molecule has 106 valence electrons. The third-order valence-corrected chi connectivity index (χ3v) is 3.20. The van der Waals surface area contributed by atoms with Crippen LogP contribution in [0.5, 0.6) is 0 Å². The van der Waals surface area contributed by atoms with Gasteiger partial charge >= 0.3 is 0 Å². The van der Waals surface area contributed by atoms with Gasteiger partial charge in [-0.2, -0.15) is 0 Å². The lowest BCUT2D eigenvalue weighted by atomic mass is 10.2. The summed E-state index contributed by atoms with van der Waals surface area (Å²) in [5.41, 5.74) is 5.42. The zero-order valence-electron chi connectivity index (χ0n) is 11.6. The minimum atomic E-state index is 0.0779. The summed E-state index contributed by atoms with van der Waals surface area (Å²) in [5.74, 6) is 0.948. The second-order valence-corrected chi connectivity index (χ2v) is 5.38. The molecule has 0 aromatic carbocycles. The van der Waals surface area contributed by atoms with E-state index in [1.54, 1.807) is 0 Å². The van der Waals surface area contributed by atoms with Crippen molar-refractivity contribution in [1.82, 2.24) is 24.6 Å². The van der Waals surface area contributed by atoms with Crippen LogP contribution in [-0.4, -0.2) is 63.2 Å². The predicted molar refractivity (Wildman–Crippen MR) is 72.3 cm³/mol. The Balaban J connectivity index is 1.79. The molecular formula is C12H22N6O. The molecule has 19 heavy (non-hydrogen) atoms. The molecule has 2 heterocycles. The summed E-state index contributed by atoms with van der Waals surface area (Å²) in [6.07, 6.45) is 1.49. The molecule has 0 spiro atoms. The highest BCUT2D eigenvalue weighted by molar-refractivity contribution is 5.76. The zero-order chi connectivity index (χ0) is 13.8. The maximum Gasteiger partial charge on any atom is 0.244 e. The van der Waals surface area contributed by atoms with E-state index in [-0.39, 0.29) is 18.4 Å². The Morgan fingerprint density at radius 3 is 2.58 bits per heavy atom. The van der Waals surface area contributed by atoms with Crippen molar-refractivity contribution < 1.29 is 4.79 Å².